The number of hydrogen-bond donors (Lipinski definition) is 0. The first-order valence-electron chi connectivity index (χ1n) is 16.1. The van der Waals surface area contributed by atoms with Crippen molar-refractivity contribution in [2.24, 2.45) is 58.2 Å². The molecule has 0 unspecified atom stereocenters. The monoisotopic (exact) mass is 514 g/mol. The van der Waals surface area contributed by atoms with Gasteiger partial charge in [0.1, 0.15) is 6.10 Å². The van der Waals surface area contributed by atoms with Crippen molar-refractivity contribution in [3.63, 3.8) is 0 Å². The lowest BCUT2D eigenvalue weighted by molar-refractivity contribution is -0.273. The number of carbonyl (C=O) groups excluding carboxylic acids is 1. The highest BCUT2D eigenvalue weighted by molar-refractivity contribution is 5.69. The number of esters is 1. The van der Waals surface area contributed by atoms with Gasteiger partial charge < -0.3 is 14.2 Å². The first-order valence-corrected chi connectivity index (χ1v) is 16.1. The van der Waals surface area contributed by atoms with Gasteiger partial charge in [-0.05, 0) is 110 Å². The molecule has 6 fully saturated rings. The molecule has 4 aliphatic carbocycles. The lowest BCUT2D eigenvalue weighted by Gasteiger charge is -2.61. The van der Waals surface area contributed by atoms with E-state index < -0.39 is 0 Å². The van der Waals surface area contributed by atoms with Crippen molar-refractivity contribution in [1.29, 1.82) is 0 Å². The van der Waals surface area contributed by atoms with Gasteiger partial charge >= 0.3 is 5.97 Å². The highest BCUT2D eigenvalue weighted by Gasteiger charge is 2.69. The molecule has 0 bridgehead atoms. The Kier molecular flexibility index (Phi) is 6.83. The third kappa shape index (κ3) is 4.16. The molecule has 1 spiro atoms. The van der Waals surface area contributed by atoms with E-state index in [1.807, 2.05) is 0 Å². The summed E-state index contributed by atoms with van der Waals surface area (Å²) in [6, 6.07) is 0. The van der Waals surface area contributed by atoms with Crippen LogP contribution in [0.4, 0.5) is 0 Å². The fourth-order valence-corrected chi connectivity index (χ4v) is 11.0. The molecule has 37 heavy (non-hydrogen) atoms. The molecule has 6 rings (SSSR count). The molecule has 4 nitrogen and oxygen atoms in total. The van der Waals surface area contributed by atoms with Gasteiger partial charge in [-0.25, -0.2) is 0 Å². The van der Waals surface area contributed by atoms with Crippen LogP contribution in [0, 0.1) is 58.2 Å². The summed E-state index contributed by atoms with van der Waals surface area (Å²) in [7, 11) is 0. The molecule has 2 saturated heterocycles. The molecule has 0 radical (unpaired) electrons. The molecule has 210 valence electrons. The van der Waals surface area contributed by atoms with Crippen molar-refractivity contribution < 1.29 is 19.0 Å². The molecule has 0 amide bonds. The van der Waals surface area contributed by atoms with E-state index in [-0.39, 0.29) is 17.9 Å². The van der Waals surface area contributed by atoms with Gasteiger partial charge in [0.05, 0.1) is 12.7 Å². The van der Waals surface area contributed by atoms with Crippen molar-refractivity contribution in [3.05, 3.63) is 0 Å². The molecule has 2 heterocycles. The molecule has 13 atom stereocenters. The Labute approximate surface area is 226 Å². The first-order chi connectivity index (χ1) is 17.6. The minimum absolute atomic E-state index is 0.0332. The fraction of sp³-hybridized carbons (Fsp3) is 0.970. The predicted octanol–water partition coefficient (Wildman–Crippen LogP) is 7.78. The predicted molar refractivity (Wildman–Crippen MR) is 146 cm³/mol. The molecule has 4 saturated carbocycles. The third-order valence-corrected chi connectivity index (χ3v) is 13.4. The Hall–Kier alpha value is -0.610. The van der Waals surface area contributed by atoms with Crippen LogP contribution in [0.3, 0.4) is 0 Å². The lowest BCUT2D eigenvalue weighted by Crippen LogP contribution is -2.55. The zero-order valence-electron chi connectivity index (χ0n) is 24.6. The van der Waals surface area contributed by atoms with Crippen molar-refractivity contribution in [1.82, 2.24) is 0 Å². The van der Waals surface area contributed by atoms with Gasteiger partial charge in [0.25, 0.3) is 0 Å². The second kappa shape index (κ2) is 9.50. The van der Waals surface area contributed by atoms with Crippen LogP contribution >= 0.6 is 0 Å². The van der Waals surface area contributed by atoms with Crippen LogP contribution in [0.15, 0.2) is 0 Å². The molecule has 0 aromatic carbocycles. The Morgan fingerprint density at radius 2 is 1.76 bits per heavy atom. The molecule has 4 heteroatoms. The summed E-state index contributed by atoms with van der Waals surface area (Å²) in [4.78, 5) is 12.5. The number of rotatable bonds is 4. The van der Waals surface area contributed by atoms with Crippen LogP contribution in [0.5, 0.6) is 0 Å². The van der Waals surface area contributed by atoms with E-state index in [2.05, 4.69) is 41.5 Å². The van der Waals surface area contributed by atoms with Crippen LogP contribution in [0.25, 0.3) is 0 Å². The summed E-state index contributed by atoms with van der Waals surface area (Å²) in [5.41, 5.74) is 0.810. The maximum absolute atomic E-state index is 12.5. The molecule has 0 aromatic rings. The molecule has 6 aliphatic rings. The Balaban J connectivity index is 1.13. The van der Waals surface area contributed by atoms with E-state index >= 15 is 0 Å². The number of ether oxygens (including phenoxy) is 3. The van der Waals surface area contributed by atoms with Crippen molar-refractivity contribution >= 4 is 5.97 Å². The minimum atomic E-state index is -0.305. The summed E-state index contributed by atoms with van der Waals surface area (Å²) in [5, 5.41) is 0. The fourth-order valence-electron chi connectivity index (χ4n) is 11.0. The topological polar surface area (TPSA) is 44.8 Å². The van der Waals surface area contributed by atoms with E-state index in [0.29, 0.717) is 52.9 Å². The van der Waals surface area contributed by atoms with Crippen LogP contribution in [-0.2, 0) is 19.0 Å². The molecular weight excluding hydrogens is 460 g/mol. The van der Waals surface area contributed by atoms with E-state index in [1.54, 1.807) is 0 Å². The zero-order chi connectivity index (χ0) is 26.2. The highest BCUT2D eigenvalue weighted by Crippen LogP contribution is 2.71. The normalized spacial score (nSPS) is 53.6. The number of carbonyl (C=O) groups is 1. The average molecular weight is 515 g/mol. The number of hydrogen-bond acceptors (Lipinski definition) is 4. The maximum Gasteiger partial charge on any atom is 0.306 e. The Bertz CT molecular complexity index is 862. The molecule has 0 N–H and O–H groups in total. The summed E-state index contributed by atoms with van der Waals surface area (Å²) >= 11 is 0. The van der Waals surface area contributed by atoms with Crippen molar-refractivity contribution in [3.8, 4) is 0 Å². The van der Waals surface area contributed by atoms with Gasteiger partial charge in [-0.2, -0.15) is 0 Å². The van der Waals surface area contributed by atoms with Gasteiger partial charge in [-0.1, -0.05) is 48.0 Å². The van der Waals surface area contributed by atoms with E-state index in [4.69, 9.17) is 14.2 Å². The second-order valence-corrected chi connectivity index (χ2v) is 15.3. The Morgan fingerprint density at radius 1 is 0.973 bits per heavy atom. The highest BCUT2D eigenvalue weighted by atomic mass is 16.7. The third-order valence-electron chi connectivity index (χ3n) is 13.4. The molecule has 0 aromatic heterocycles. The van der Waals surface area contributed by atoms with Crippen LogP contribution in [0.2, 0.25) is 0 Å². The summed E-state index contributed by atoms with van der Waals surface area (Å²) in [6.45, 7) is 15.2. The SMILES string of the molecule is CC[C@H](C)CC(=O)O[C@@H]1CC[C@@]2(C)[C@@H](CC[C@@H]3[C@@H]2CC[C@]2(C)[C@@H]4[C@H](C[C@@H]32)O[C@]2(CC[C@@H](C)CO2)[C@H]4C)C1. The zero-order valence-corrected chi connectivity index (χ0v) is 24.6. The quantitative estimate of drug-likeness (QED) is 0.359. The summed E-state index contributed by atoms with van der Waals surface area (Å²) in [6.07, 6.45) is 14.6. The van der Waals surface area contributed by atoms with E-state index in [1.165, 1.54) is 44.9 Å². The average Bonchev–Trinajstić information content (AvgIpc) is 3.31. The molecular formula is C33H54O4. The second-order valence-electron chi connectivity index (χ2n) is 15.3. The molecule has 2 aliphatic heterocycles. The van der Waals surface area contributed by atoms with Crippen LogP contribution in [0.1, 0.15) is 119 Å². The largest absolute Gasteiger partial charge is 0.462 e. The van der Waals surface area contributed by atoms with E-state index in [9.17, 15) is 4.79 Å². The Morgan fingerprint density at radius 3 is 2.49 bits per heavy atom. The van der Waals surface area contributed by atoms with Crippen LogP contribution < -0.4 is 0 Å². The van der Waals surface area contributed by atoms with Crippen molar-refractivity contribution in [2.75, 3.05) is 6.61 Å². The van der Waals surface area contributed by atoms with Gasteiger partial charge in [0, 0.05) is 18.8 Å². The van der Waals surface area contributed by atoms with Gasteiger partial charge in [-0.3, -0.25) is 4.79 Å². The van der Waals surface area contributed by atoms with Crippen molar-refractivity contribution in [2.45, 2.75) is 137 Å². The van der Waals surface area contributed by atoms with Gasteiger partial charge in [0.15, 0.2) is 5.79 Å². The van der Waals surface area contributed by atoms with Gasteiger partial charge in [0.2, 0.25) is 0 Å². The van der Waals surface area contributed by atoms with Gasteiger partial charge in [-0.15, -0.1) is 0 Å². The standard InChI is InChI=1S/C33H54O4/c1-7-20(2)16-29(34)36-24-11-13-31(5)23(17-24)8-9-25-26(31)12-14-32(6)27(25)18-28-30(32)22(4)33(37-28)15-10-21(3)19-35-33/h20-28,30H,7-19H2,1-6H3/t20-,21+,22-,23-,24+,25+,26-,27-,28-,30-,31-,32-,33+/m0/s1. The lowest BCUT2D eigenvalue weighted by atomic mass is 9.44. The minimum Gasteiger partial charge on any atom is -0.462 e. The summed E-state index contributed by atoms with van der Waals surface area (Å²) < 4.78 is 19.5. The summed E-state index contributed by atoms with van der Waals surface area (Å²) in [5.74, 6) is 5.15. The maximum atomic E-state index is 12.5. The smallest absolute Gasteiger partial charge is 0.306 e. The number of fused-ring (bicyclic) bond motifs is 7. The first kappa shape index (κ1) is 26.6. The van der Waals surface area contributed by atoms with E-state index in [0.717, 1.165) is 50.0 Å². The van der Waals surface area contributed by atoms with Crippen LogP contribution in [-0.4, -0.2) is 30.6 Å².